The van der Waals surface area contributed by atoms with Crippen LogP contribution in [0, 0.1) is 5.92 Å². The normalized spacial score (nSPS) is 23.1. The van der Waals surface area contributed by atoms with Gasteiger partial charge in [0.25, 0.3) is 5.91 Å². The average molecular weight is 337 g/mol. The van der Waals surface area contributed by atoms with E-state index < -0.39 is 0 Å². The van der Waals surface area contributed by atoms with Crippen LogP contribution in [0.1, 0.15) is 29.4 Å². The van der Waals surface area contributed by atoms with Gasteiger partial charge in [-0.1, -0.05) is 0 Å². The highest BCUT2D eigenvalue weighted by molar-refractivity contribution is 7.12. The number of nitrogens with zero attached hydrogens (tertiary/aromatic N) is 3. The van der Waals surface area contributed by atoms with Crippen molar-refractivity contribution in [2.24, 2.45) is 5.92 Å². The third-order valence-corrected chi connectivity index (χ3v) is 6.43. The van der Waals surface area contributed by atoms with Crippen LogP contribution in [0.15, 0.2) is 11.4 Å². The summed E-state index contributed by atoms with van der Waals surface area (Å²) in [5, 5.41) is 1.89. The van der Waals surface area contributed by atoms with Crippen LogP contribution < -0.4 is 5.73 Å². The highest BCUT2D eigenvalue weighted by Crippen LogP contribution is 2.27. The maximum atomic E-state index is 12.5. The molecule has 0 saturated carbocycles. The fraction of sp³-hybridized carbons (Fsp3) is 0.706. The van der Waals surface area contributed by atoms with Crippen LogP contribution >= 0.6 is 11.3 Å². The maximum Gasteiger partial charge on any atom is 0.266 e. The Labute approximate surface area is 143 Å². The third-order valence-electron chi connectivity index (χ3n) is 5.51. The van der Waals surface area contributed by atoms with Gasteiger partial charge in [-0.05, 0) is 44.2 Å². The van der Waals surface area contributed by atoms with Crippen molar-refractivity contribution in [3.8, 4) is 0 Å². The lowest BCUT2D eigenvalue weighted by Gasteiger charge is -2.42. The van der Waals surface area contributed by atoms with E-state index >= 15 is 0 Å². The first-order valence-electron chi connectivity index (χ1n) is 8.61. The number of rotatable bonds is 3. The summed E-state index contributed by atoms with van der Waals surface area (Å²) in [5.74, 6) is 0.811. The number of amides is 1. The second-order valence-corrected chi connectivity index (χ2v) is 7.83. The predicted octanol–water partition coefficient (Wildman–Crippen LogP) is 1.82. The number of nitrogen functional groups attached to an aromatic ring is 1. The lowest BCUT2D eigenvalue weighted by atomic mass is 9.89. The first kappa shape index (κ1) is 16.7. The molecule has 0 aliphatic carbocycles. The summed E-state index contributed by atoms with van der Waals surface area (Å²) in [7, 11) is 2.20. The number of hydrogen-bond donors (Lipinski definition) is 1. The zero-order chi connectivity index (χ0) is 16.4. The van der Waals surface area contributed by atoms with Crippen molar-refractivity contribution in [3.63, 3.8) is 0 Å². The van der Waals surface area contributed by atoms with Crippen molar-refractivity contribution in [3.05, 3.63) is 16.3 Å². The van der Waals surface area contributed by atoms with Crippen molar-refractivity contribution >= 4 is 22.9 Å². The molecule has 128 valence electrons. The summed E-state index contributed by atoms with van der Waals surface area (Å²) in [5.41, 5.74) is 6.50. The Morgan fingerprint density at radius 3 is 2.43 bits per heavy atom. The summed E-state index contributed by atoms with van der Waals surface area (Å²) < 4.78 is 0. The molecule has 2 saturated heterocycles. The molecule has 0 spiro atoms. The summed E-state index contributed by atoms with van der Waals surface area (Å²) >= 11 is 1.45. The largest absolute Gasteiger partial charge is 0.397 e. The highest BCUT2D eigenvalue weighted by atomic mass is 32.1. The van der Waals surface area contributed by atoms with Crippen molar-refractivity contribution < 1.29 is 4.79 Å². The average Bonchev–Trinajstić information content (AvgIpc) is 3.00. The predicted molar refractivity (Wildman–Crippen MR) is 95.9 cm³/mol. The van der Waals surface area contributed by atoms with Crippen molar-refractivity contribution in [2.75, 3.05) is 52.0 Å². The van der Waals surface area contributed by atoms with Gasteiger partial charge in [0.2, 0.25) is 0 Å². The summed E-state index contributed by atoms with van der Waals surface area (Å²) in [6.45, 7) is 8.76. The van der Waals surface area contributed by atoms with Gasteiger partial charge < -0.3 is 15.5 Å². The fourth-order valence-electron chi connectivity index (χ4n) is 3.75. The zero-order valence-electron chi connectivity index (χ0n) is 14.2. The molecule has 2 aliphatic heterocycles. The Hall–Kier alpha value is -1.11. The number of thiophene rings is 1. The first-order valence-corrected chi connectivity index (χ1v) is 9.49. The molecular weight excluding hydrogens is 308 g/mol. The number of nitrogens with two attached hydrogens (primary N) is 1. The van der Waals surface area contributed by atoms with Gasteiger partial charge in [0.05, 0.1) is 5.69 Å². The van der Waals surface area contributed by atoms with Gasteiger partial charge in [-0.25, -0.2) is 0 Å². The van der Waals surface area contributed by atoms with Gasteiger partial charge in [0, 0.05) is 45.3 Å². The number of hydrogen-bond acceptors (Lipinski definition) is 5. The van der Waals surface area contributed by atoms with Crippen LogP contribution in [0.25, 0.3) is 0 Å². The van der Waals surface area contributed by atoms with Crippen molar-refractivity contribution in [1.82, 2.24) is 14.7 Å². The molecule has 2 aliphatic rings. The lowest BCUT2D eigenvalue weighted by molar-refractivity contribution is 0.0503. The van der Waals surface area contributed by atoms with E-state index in [1.54, 1.807) is 0 Å². The molecular formula is C17H28N4OS. The summed E-state index contributed by atoms with van der Waals surface area (Å²) in [6, 6.07) is 2.44. The molecule has 5 nitrogen and oxygen atoms in total. The van der Waals surface area contributed by atoms with Crippen LogP contribution in [0.3, 0.4) is 0 Å². The minimum atomic E-state index is 0.114. The molecule has 1 atom stereocenters. The molecule has 1 amide bonds. The standard InChI is InChI=1S/C17H28N4OS/c1-13(20-10-8-19(2)9-11-20)14-3-6-21(7-4-14)17(22)16-15(18)5-12-23-16/h5,12-14H,3-4,6-11,18H2,1-2H3. The van der Waals surface area contributed by atoms with E-state index in [2.05, 4.69) is 23.8 Å². The number of piperidine rings is 1. The number of carbonyl (C=O) groups excluding carboxylic acids is 1. The van der Waals surface area contributed by atoms with Crippen LogP contribution in [-0.4, -0.2) is 73.0 Å². The molecule has 1 aromatic heterocycles. The second-order valence-electron chi connectivity index (χ2n) is 6.91. The smallest absolute Gasteiger partial charge is 0.266 e. The Morgan fingerprint density at radius 2 is 1.87 bits per heavy atom. The van der Waals surface area contributed by atoms with Gasteiger partial charge in [0.1, 0.15) is 4.88 Å². The quantitative estimate of drug-likeness (QED) is 0.915. The molecule has 1 unspecified atom stereocenters. The highest BCUT2D eigenvalue weighted by Gasteiger charge is 2.31. The number of piperazine rings is 1. The zero-order valence-corrected chi connectivity index (χ0v) is 15.0. The van der Waals surface area contributed by atoms with E-state index in [4.69, 9.17) is 5.73 Å². The number of likely N-dealkylation sites (N-methyl/N-ethyl adjacent to an activating group) is 1. The molecule has 3 rings (SSSR count). The monoisotopic (exact) mass is 336 g/mol. The summed E-state index contributed by atoms with van der Waals surface area (Å²) in [4.78, 5) is 20.2. The maximum absolute atomic E-state index is 12.5. The number of carbonyl (C=O) groups is 1. The van der Waals surface area contributed by atoms with E-state index in [1.807, 2.05) is 16.3 Å². The van der Waals surface area contributed by atoms with Crippen molar-refractivity contribution in [1.29, 1.82) is 0 Å². The molecule has 0 aromatic carbocycles. The Morgan fingerprint density at radius 1 is 1.22 bits per heavy atom. The van der Waals surface area contributed by atoms with E-state index in [9.17, 15) is 4.79 Å². The van der Waals surface area contributed by atoms with Gasteiger partial charge in [-0.2, -0.15) is 0 Å². The molecule has 23 heavy (non-hydrogen) atoms. The molecule has 3 heterocycles. The third kappa shape index (κ3) is 3.70. The fourth-order valence-corrected chi connectivity index (χ4v) is 4.53. The van der Waals surface area contributed by atoms with Gasteiger partial charge in [0.15, 0.2) is 0 Å². The minimum absolute atomic E-state index is 0.114. The van der Waals surface area contributed by atoms with Gasteiger partial charge >= 0.3 is 0 Å². The molecule has 0 radical (unpaired) electrons. The molecule has 0 bridgehead atoms. The minimum Gasteiger partial charge on any atom is -0.397 e. The molecule has 2 fully saturated rings. The molecule has 6 heteroatoms. The molecule has 2 N–H and O–H groups in total. The Balaban J connectivity index is 1.52. The second kappa shape index (κ2) is 7.20. The SMILES string of the molecule is CC(C1CCN(C(=O)c2sccc2N)CC1)N1CCN(C)CC1. The summed E-state index contributed by atoms with van der Waals surface area (Å²) in [6.07, 6.45) is 2.20. The van der Waals surface area contributed by atoms with E-state index in [1.165, 1.54) is 37.5 Å². The van der Waals surface area contributed by atoms with Gasteiger partial charge in [-0.3, -0.25) is 9.69 Å². The topological polar surface area (TPSA) is 52.8 Å². The van der Waals surface area contributed by atoms with E-state index in [0.717, 1.165) is 25.9 Å². The van der Waals surface area contributed by atoms with Crippen LogP contribution in [0.5, 0.6) is 0 Å². The van der Waals surface area contributed by atoms with E-state index in [0.29, 0.717) is 22.5 Å². The molecule has 1 aromatic rings. The number of likely N-dealkylation sites (tertiary alicyclic amines) is 1. The van der Waals surface area contributed by atoms with Crippen LogP contribution in [0.4, 0.5) is 5.69 Å². The van der Waals surface area contributed by atoms with Gasteiger partial charge in [-0.15, -0.1) is 11.3 Å². The van der Waals surface area contributed by atoms with Crippen molar-refractivity contribution in [2.45, 2.75) is 25.8 Å². The number of anilines is 1. The Bertz CT molecular complexity index is 530. The first-order chi connectivity index (χ1) is 11.1. The Kier molecular flexibility index (Phi) is 5.24. The van der Waals surface area contributed by atoms with E-state index in [-0.39, 0.29) is 5.91 Å². The van der Waals surface area contributed by atoms with Crippen LogP contribution in [-0.2, 0) is 0 Å². The van der Waals surface area contributed by atoms with Crippen LogP contribution in [0.2, 0.25) is 0 Å². The lowest BCUT2D eigenvalue weighted by Crippen LogP contribution is -2.52.